The minimum absolute atomic E-state index is 0.459. The molecule has 2 N–H and O–H groups in total. The van der Waals surface area contributed by atoms with E-state index in [2.05, 4.69) is 10.6 Å². The van der Waals surface area contributed by atoms with Crippen LogP contribution in [0.5, 0.6) is 0 Å². The predicted octanol–water partition coefficient (Wildman–Crippen LogP) is 4.55. The molecule has 1 aromatic heterocycles. The van der Waals surface area contributed by atoms with Gasteiger partial charge >= 0.3 is 6.09 Å². The van der Waals surface area contributed by atoms with Gasteiger partial charge in [-0.1, -0.05) is 0 Å². The van der Waals surface area contributed by atoms with Crippen LogP contribution in [0.4, 0.5) is 16.2 Å². The van der Waals surface area contributed by atoms with Gasteiger partial charge in [0.25, 0.3) is 0 Å². The summed E-state index contributed by atoms with van der Waals surface area (Å²) >= 11 is 0. The summed E-state index contributed by atoms with van der Waals surface area (Å²) in [6.45, 7) is 8.02. The van der Waals surface area contributed by atoms with Crippen molar-refractivity contribution in [2.45, 2.75) is 39.8 Å². The third-order valence-electron chi connectivity index (χ3n) is 2.79. The second-order valence-electron chi connectivity index (χ2n) is 6.07. The highest BCUT2D eigenvalue weighted by atomic mass is 16.6. The van der Waals surface area contributed by atoms with E-state index < -0.39 is 11.7 Å². The number of furan rings is 1. The van der Waals surface area contributed by atoms with Gasteiger partial charge in [0, 0.05) is 11.4 Å². The highest BCUT2D eigenvalue weighted by molar-refractivity contribution is 5.85. The molecule has 0 aliphatic rings. The Morgan fingerprint density at radius 1 is 1.09 bits per heavy atom. The maximum absolute atomic E-state index is 11.7. The summed E-state index contributed by atoms with van der Waals surface area (Å²) in [7, 11) is 0. The molecule has 1 amide bonds. The van der Waals surface area contributed by atoms with Gasteiger partial charge in [-0.05, 0) is 64.1 Å². The van der Waals surface area contributed by atoms with Crippen LogP contribution in [0.1, 0.15) is 32.3 Å². The van der Waals surface area contributed by atoms with Gasteiger partial charge in [0.15, 0.2) is 0 Å². The average molecular weight is 302 g/mol. The number of carbonyl (C=O) groups is 1. The molecule has 0 saturated heterocycles. The molecular weight excluding hydrogens is 280 g/mol. The Balaban J connectivity index is 1.86. The number of rotatable bonds is 4. The highest BCUT2D eigenvalue weighted by Crippen LogP contribution is 2.16. The Kier molecular flexibility index (Phi) is 4.75. The lowest BCUT2D eigenvalue weighted by molar-refractivity contribution is 0.0636. The minimum atomic E-state index is -0.507. The molecule has 0 atom stereocenters. The number of carbonyl (C=O) groups excluding carboxylic acids is 1. The van der Waals surface area contributed by atoms with Crippen LogP contribution in [0.15, 0.2) is 40.8 Å². The fourth-order valence-electron chi connectivity index (χ4n) is 1.86. The maximum atomic E-state index is 11.7. The van der Waals surface area contributed by atoms with Crippen molar-refractivity contribution in [1.82, 2.24) is 0 Å². The summed E-state index contributed by atoms with van der Waals surface area (Å²) < 4.78 is 10.7. The smallest absolute Gasteiger partial charge is 0.412 e. The van der Waals surface area contributed by atoms with E-state index in [0.29, 0.717) is 12.2 Å². The lowest BCUT2D eigenvalue weighted by Gasteiger charge is -2.19. The van der Waals surface area contributed by atoms with E-state index in [-0.39, 0.29) is 0 Å². The largest absolute Gasteiger partial charge is 0.465 e. The number of hydrogen-bond acceptors (Lipinski definition) is 4. The minimum Gasteiger partial charge on any atom is -0.465 e. The van der Waals surface area contributed by atoms with Crippen LogP contribution in [0.2, 0.25) is 0 Å². The van der Waals surface area contributed by atoms with E-state index in [1.54, 1.807) is 0 Å². The van der Waals surface area contributed by atoms with Crippen molar-refractivity contribution >= 4 is 17.5 Å². The van der Waals surface area contributed by atoms with E-state index in [1.165, 1.54) is 0 Å². The summed E-state index contributed by atoms with van der Waals surface area (Å²) in [5.41, 5.74) is 1.13. The molecule has 118 valence electrons. The van der Waals surface area contributed by atoms with Gasteiger partial charge in [-0.15, -0.1) is 0 Å². The normalized spacial score (nSPS) is 11.1. The first-order valence-corrected chi connectivity index (χ1v) is 7.21. The van der Waals surface area contributed by atoms with Crippen molar-refractivity contribution in [3.8, 4) is 0 Å². The van der Waals surface area contributed by atoms with Gasteiger partial charge in [-0.25, -0.2) is 4.79 Å². The lowest BCUT2D eigenvalue weighted by atomic mass is 10.2. The van der Waals surface area contributed by atoms with Gasteiger partial charge in [-0.3, -0.25) is 5.32 Å². The zero-order valence-electron chi connectivity index (χ0n) is 13.4. The molecule has 22 heavy (non-hydrogen) atoms. The number of nitrogens with one attached hydrogen (secondary N) is 2. The van der Waals surface area contributed by atoms with Crippen molar-refractivity contribution in [3.05, 3.63) is 47.9 Å². The van der Waals surface area contributed by atoms with Gasteiger partial charge < -0.3 is 14.5 Å². The van der Waals surface area contributed by atoms with E-state index in [0.717, 1.165) is 17.2 Å². The monoisotopic (exact) mass is 302 g/mol. The topological polar surface area (TPSA) is 63.5 Å². The lowest BCUT2D eigenvalue weighted by Crippen LogP contribution is -2.27. The Hall–Kier alpha value is -2.43. The third-order valence-corrected chi connectivity index (χ3v) is 2.79. The number of aryl methyl sites for hydroxylation is 1. The van der Waals surface area contributed by atoms with E-state index in [9.17, 15) is 4.79 Å². The van der Waals surface area contributed by atoms with Crippen LogP contribution in [-0.4, -0.2) is 11.7 Å². The summed E-state index contributed by atoms with van der Waals surface area (Å²) in [6.07, 6.45) is -0.459. The molecule has 0 aliphatic heterocycles. The highest BCUT2D eigenvalue weighted by Gasteiger charge is 2.16. The van der Waals surface area contributed by atoms with Crippen LogP contribution in [0.25, 0.3) is 0 Å². The Morgan fingerprint density at radius 3 is 2.27 bits per heavy atom. The first kappa shape index (κ1) is 15.9. The molecule has 5 nitrogen and oxygen atoms in total. The van der Waals surface area contributed by atoms with Crippen LogP contribution in [-0.2, 0) is 11.3 Å². The maximum Gasteiger partial charge on any atom is 0.412 e. The Bertz CT molecular complexity index is 624. The second kappa shape index (κ2) is 6.56. The molecule has 0 fully saturated rings. The quantitative estimate of drug-likeness (QED) is 0.870. The number of hydrogen-bond donors (Lipinski definition) is 2. The summed E-state index contributed by atoms with van der Waals surface area (Å²) in [5, 5.41) is 5.95. The standard InChI is InChI=1S/C17H22N2O3/c1-12-5-10-15(21-12)11-18-13-6-8-14(9-7-13)19-16(20)22-17(2,3)4/h5-10,18H,11H2,1-4H3,(H,19,20). The van der Waals surface area contributed by atoms with Crippen molar-refractivity contribution < 1.29 is 13.9 Å². The fraction of sp³-hybridized carbons (Fsp3) is 0.353. The Labute approximate surface area is 130 Å². The zero-order chi connectivity index (χ0) is 16.2. The van der Waals surface area contributed by atoms with Crippen molar-refractivity contribution in [1.29, 1.82) is 0 Å². The van der Waals surface area contributed by atoms with Crippen LogP contribution < -0.4 is 10.6 Å². The third kappa shape index (κ3) is 5.16. The molecule has 5 heteroatoms. The molecule has 0 bridgehead atoms. The number of benzene rings is 1. The first-order valence-electron chi connectivity index (χ1n) is 7.21. The summed E-state index contributed by atoms with van der Waals surface area (Å²) in [6, 6.07) is 11.3. The number of amides is 1. The molecule has 0 radical (unpaired) electrons. The fourth-order valence-corrected chi connectivity index (χ4v) is 1.86. The number of ether oxygens (including phenoxy) is 1. The van der Waals surface area contributed by atoms with Gasteiger partial charge in [-0.2, -0.15) is 0 Å². The van der Waals surface area contributed by atoms with Crippen LogP contribution in [0.3, 0.4) is 0 Å². The molecule has 0 aliphatic carbocycles. The summed E-state index contributed by atoms with van der Waals surface area (Å²) in [4.78, 5) is 11.7. The molecule has 2 rings (SSSR count). The summed E-state index contributed by atoms with van der Waals surface area (Å²) in [5.74, 6) is 1.78. The number of anilines is 2. The Morgan fingerprint density at radius 2 is 1.73 bits per heavy atom. The molecule has 0 unspecified atom stereocenters. The van der Waals surface area contributed by atoms with E-state index in [1.807, 2.05) is 64.1 Å². The molecule has 1 heterocycles. The van der Waals surface area contributed by atoms with Crippen molar-refractivity contribution in [3.63, 3.8) is 0 Å². The average Bonchev–Trinajstić information content (AvgIpc) is 2.81. The van der Waals surface area contributed by atoms with Gasteiger partial charge in [0.1, 0.15) is 17.1 Å². The molecule has 0 saturated carbocycles. The molecular formula is C17H22N2O3. The van der Waals surface area contributed by atoms with Crippen LogP contribution in [0, 0.1) is 6.92 Å². The molecule has 2 aromatic rings. The van der Waals surface area contributed by atoms with E-state index in [4.69, 9.17) is 9.15 Å². The van der Waals surface area contributed by atoms with Gasteiger partial charge in [0.2, 0.25) is 0 Å². The van der Waals surface area contributed by atoms with E-state index >= 15 is 0 Å². The molecule has 0 spiro atoms. The van der Waals surface area contributed by atoms with Crippen LogP contribution >= 0.6 is 0 Å². The first-order chi connectivity index (χ1) is 10.3. The zero-order valence-corrected chi connectivity index (χ0v) is 13.4. The van der Waals surface area contributed by atoms with Crippen molar-refractivity contribution in [2.75, 3.05) is 10.6 Å². The second-order valence-corrected chi connectivity index (χ2v) is 6.07. The molecule has 1 aromatic carbocycles. The predicted molar refractivity (Wildman–Crippen MR) is 87.1 cm³/mol. The van der Waals surface area contributed by atoms with Crippen molar-refractivity contribution in [2.24, 2.45) is 0 Å². The SMILES string of the molecule is Cc1ccc(CNc2ccc(NC(=O)OC(C)(C)C)cc2)o1. The van der Waals surface area contributed by atoms with Gasteiger partial charge in [0.05, 0.1) is 6.54 Å².